The van der Waals surface area contributed by atoms with E-state index in [2.05, 4.69) is 15.3 Å². The number of carboxylic acid groups (broad SMARTS) is 1. The van der Waals surface area contributed by atoms with Gasteiger partial charge >= 0.3 is 5.97 Å². The molecule has 0 aliphatic carbocycles. The van der Waals surface area contributed by atoms with E-state index in [1.165, 1.54) is 12.5 Å². The molecule has 6 nitrogen and oxygen atoms in total. The van der Waals surface area contributed by atoms with Gasteiger partial charge in [-0.25, -0.2) is 14.8 Å². The third-order valence-corrected chi connectivity index (χ3v) is 3.07. The molecule has 0 saturated carbocycles. The Bertz CT molecular complexity index is 425. The highest BCUT2D eigenvalue weighted by atomic mass is 16.5. The van der Waals surface area contributed by atoms with Gasteiger partial charge in [0.15, 0.2) is 0 Å². The van der Waals surface area contributed by atoms with Gasteiger partial charge in [-0.15, -0.1) is 0 Å². The summed E-state index contributed by atoms with van der Waals surface area (Å²) in [5, 5.41) is 12.3. The van der Waals surface area contributed by atoms with Crippen molar-refractivity contribution in [2.45, 2.75) is 38.5 Å². The summed E-state index contributed by atoms with van der Waals surface area (Å²) in [6.07, 6.45) is 4.83. The summed E-state index contributed by atoms with van der Waals surface area (Å²) >= 11 is 0. The van der Waals surface area contributed by atoms with Crippen LogP contribution < -0.4 is 5.32 Å². The Morgan fingerprint density at radius 3 is 3.22 bits per heavy atom. The van der Waals surface area contributed by atoms with Crippen molar-refractivity contribution in [2.75, 3.05) is 6.61 Å². The number of hydrogen-bond acceptors (Lipinski definition) is 5. The van der Waals surface area contributed by atoms with Crippen LogP contribution in [0.1, 0.15) is 35.8 Å². The standard InChI is InChI=1S/C12H17N3O3/c1-8-4-9(2-3-18-8)14-6-11-10(12(16)17)5-13-7-15-11/h5,7-9,14H,2-4,6H2,1H3,(H,16,17). The second-order valence-corrected chi connectivity index (χ2v) is 4.47. The van der Waals surface area contributed by atoms with Crippen LogP contribution in [0.3, 0.4) is 0 Å². The monoisotopic (exact) mass is 251 g/mol. The first kappa shape index (κ1) is 12.9. The Morgan fingerprint density at radius 2 is 2.50 bits per heavy atom. The van der Waals surface area contributed by atoms with Crippen LogP contribution in [-0.4, -0.2) is 39.8 Å². The Balaban J connectivity index is 1.95. The van der Waals surface area contributed by atoms with E-state index >= 15 is 0 Å². The lowest BCUT2D eigenvalue weighted by Crippen LogP contribution is -2.38. The molecule has 2 rings (SSSR count). The first-order chi connectivity index (χ1) is 8.66. The molecule has 0 aromatic carbocycles. The fourth-order valence-corrected chi connectivity index (χ4v) is 2.10. The molecule has 1 aromatic heterocycles. The summed E-state index contributed by atoms with van der Waals surface area (Å²) in [4.78, 5) is 18.7. The average Bonchev–Trinajstić information content (AvgIpc) is 2.37. The topological polar surface area (TPSA) is 84.3 Å². The van der Waals surface area contributed by atoms with Gasteiger partial charge in [0, 0.05) is 25.4 Å². The Labute approximate surface area is 105 Å². The molecule has 1 saturated heterocycles. The van der Waals surface area contributed by atoms with E-state index < -0.39 is 5.97 Å². The SMILES string of the molecule is CC1CC(NCc2ncncc2C(=O)O)CCO1. The first-order valence-corrected chi connectivity index (χ1v) is 6.04. The summed E-state index contributed by atoms with van der Waals surface area (Å²) < 4.78 is 5.46. The van der Waals surface area contributed by atoms with Gasteiger partial charge in [-0.1, -0.05) is 0 Å². The highest BCUT2D eigenvalue weighted by molar-refractivity contribution is 5.88. The lowest BCUT2D eigenvalue weighted by molar-refractivity contribution is 0.0129. The Kier molecular flexibility index (Phi) is 4.22. The second kappa shape index (κ2) is 5.88. The van der Waals surface area contributed by atoms with Crippen LogP contribution in [0, 0.1) is 0 Å². The summed E-state index contributed by atoms with van der Waals surface area (Å²) in [6, 6.07) is 0.352. The van der Waals surface area contributed by atoms with Crippen molar-refractivity contribution in [1.29, 1.82) is 0 Å². The normalized spacial score (nSPS) is 23.8. The molecule has 98 valence electrons. The van der Waals surface area contributed by atoms with Crippen LogP contribution in [0.25, 0.3) is 0 Å². The zero-order valence-corrected chi connectivity index (χ0v) is 10.3. The van der Waals surface area contributed by atoms with E-state index in [0.717, 1.165) is 19.4 Å². The predicted molar refractivity (Wildman–Crippen MR) is 64.3 cm³/mol. The zero-order valence-electron chi connectivity index (χ0n) is 10.3. The number of hydrogen-bond donors (Lipinski definition) is 2. The van der Waals surface area contributed by atoms with Gasteiger partial charge in [-0.2, -0.15) is 0 Å². The molecule has 0 radical (unpaired) electrons. The molecule has 2 heterocycles. The van der Waals surface area contributed by atoms with Crippen LogP contribution in [0.15, 0.2) is 12.5 Å². The third kappa shape index (κ3) is 3.24. The first-order valence-electron chi connectivity index (χ1n) is 6.04. The van der Waals surface area contributed by atoms with Crippen molar-refractivity contribution in [2.24, 2.45) is 0 Å². The molecule has 1 aliphatic rings. The van der Waals surface area contributed by atoms with E-state index in [0.29, 0.717) is 18.3 Å². The van der Waals surface area contributed by atoms with Crippen molar-refractivity contribution in [3.8, 4) is 0 Å². The van der Waals surface area contributed by atoms with Crippen molar-refractivity contribution in [3.05, 3.63) is 23.8 Å². The molecule has 6 heteroatoms. The van der Waals surface area contributed by atoms with E-state index in [4.69, 9.17) is 9.84 Å². The summed E-state index contributed by atoms with van der Waals surface area (Å²) in [5.74, 6) is -0.993. The molecule has 18 heavy (non-hydrogen) atoms. The lowest BCUT2D eigenvalue weighted by Gasteiger charge is -2.28. The van der Waals surface area contributed by atoms with Gasteiger partial charge in [0.2, 0.25) is 0 Å². The summed E-state index contributed by atoms with van der Waals surface area (Å²) in [6.45, 7) is 3.23. The quantitative estimate of drug-likeness (QED) is 0.824. The van der Waals surface area contributed by atoms with Gasteiger partial charge in [0.05, 0.1) is 11.8 Å². The molecule has 0 bridgehead atoms. The Hall–Kier alpha value is -1.53. The number of aromatic carboxylic acids is 1. The second-order valence-electron chi connectivity index (χ2n) is 4.47. The molecule has 2 atom stereocenters. The zero-order chi connectivity index (χ0) is 13.0. The highest BCUT2D eigenvalue weighted by Gasteiger charge is 2.19. The number of ether oxygens (including phenoxy) is 1. The van der Waals surface area contributed by atoms with Crippen molar-refractivity contribution in [3.63, 3.8) is 0 Å². The number of carbonyl (C=O) groups is 1. The molecule has 0 spiro atoms. The molecular weight excluding hydrogens is 234 g/mol. The minimum Gasteiger partial charge on any atom is -0.478 e. The molecule has 1 fully saturated rings. The fraction of sp³-hybridized carbons (Fsp3) is 0.583. The maximum Gasteiger partial charge on any atom is 0.339 e. The Morgan fingerprint density at radius 1 is 1.67 bits per heavy atom. The van der Waals surface area contributed by atoms with Crippen LogP contribution in [0.2, 0.25) is 0 Å². The van der Waals surface area contributed by atoms with Gasteiger partial charge in [0.25, 0.3) is 0 Å². The highest BCUT2D eigenvalue weighted by Crippen LogP contribution is 2.14. The van der Waals surface area contributed by atoms with Crippen molar-refractivity contribution >= 4 is 5.97 Å². The summed E-state index contributed by atoms with van der Waals surface area (Å²) in [7, 11) is 0. The number of carboxylic acids is 1. The van der Waals surface area contributed by atoms with Gasteiger partial charge in [-0.3, -0.25) is 0 Å². The number of nitrogens with zero attached hydrogens (tertiary/aromatic N) is 2. The van der Waals surface area contributed by atoms with E-state index in [-0.39, 0.29) is 11.7 Å². The van der Waals surface area contributed by atoms with Gasteiger partial charge in [0.1, 0.15) is 11.9 Å². The molecular formula is C12H17N3O3. The smallest absolute Gasteiger partial charge is 0.339 e. The summed E-state index contributed by atoms with van der Waals surface area (Å²) in [5.41, 5.74) is 0.682. The number of aromatic nitrogens is 2. The average molecular weight is 251 g/mol. The van der Waals surface area contributed by atoms with Crippen molar-refractivity contribution < 1.29 is 14.6 Å². The predicted octanol–water partition coefficient (Wildman–Crippen LogP) is 0.832. The maximum atomic E-state index is 11.0. The van der Waals surface area contributed by atoms with Crippen LogP contribution in [0.5, 0.6) is 0 Å². The van der Waals surface area contributed by atoms with Crippen LogP contribution in [0.4, 0.5) is 0 Å². The van der Waals surface area contributed by atoms with Crippen molar-refractivity contribution in [1.82, 2.24) is 15.3 Å². The maximum absolute atomic E-state index is 11.0. The van der Waals surface area contributed by atoms with E-state index in [9.17, 15) is 4.79 Å². The number of rotatable bonds is 4. The minimum atomic E-state index is -0.993. The minimum absolute atomic E-state index is 0.158. The molecule has 0 amide bonds. The third-order valence-electron chi connectivity index (χ3n) is 3.07. The molecule has 2 unspecified atom stereocenters. The molecule has 1 aliphatic heterocycles. The van der Waals surface area contributed by atoms with E-state index in [1.54, 1.807) is 0 Å². The molecule has 1 aromatic rings. The fourth-order valence-electron chi connectivity index (χ4n) is 2.10. The molecule has 2 N–H and O–H groups in total. The van der Waals surface area contributed by atoms with Crippen LogP contribution >= 0.6 is 0 Å². The number of nitrogens with one attached hydrogen (secondary N) is 1. The van der Waals surface area contributed by atoms with Crippen LogP contribution in [-0.2, 0) is 11.3 Å². The lowest BCUT2D eigenvalue weighted by atomic mass is 10.0. The van der Waals surface area contributed by atoms with E-state index in [1.807, 2.05) is 6.92 Å². The van der Waals surface area contributed by atoms with Gasteiger partial charge < -0.3 is 15.2 Å². The largest absolute Gasteiger partial charge is 0.478 e. The van der Waals surface area contributed by atoms with Gasteiger partial charge in [-0.05, 0) is 19.8 Å².